The second-order valence-electron chi connectivity index (χ2n) is 4.30. The average molecular weight is 282 g/mol. The Morgan fingerprint density at radius 1 is 1.19 bits per heavy atom. The second-order valence-corrected chi connectivity index (χ2v) is 4.30. The molecule has 3 rings (SSSR count). The number of H-pyrrole nitrogens is 1. The third kappa shape index (κ3) is 2.76. The molecule has 0 radical (unpaired) electrons. The fourth-order valence-electron chi connectivity index (χ4n) is 1.82. The van der Waals surface area contributed by atoms with E-state index in [4.69, 9.17) is 4.52 Å². The first kappa shape index (κ1) is 12.9. The summed E-state index contributed by atoms with van der Waals surface area (Å²) in [6.07, 6.45) is 1.09. The number of nitrogens with zero attached hydrogens (tertiary/aromatic N) is 3. The number of rotatable bonds is 5. The Labute approximate surface area is 119 Å². The van der Waals surface area contributed by atoms with Gasteiger partial charge in [0.25, 0.3) is 5.78 Å². The molecule has 0 saturated carbocycles. The Balaban J connectivity index is 1.73. The molecule has 2 aromatic heterocycles. The molecule has 0 atom stereocenters. The molecule has 3 aromatic rings. The topological polar surface area (TPSA) is 102 Å². The molecule has 7 nitrogen and oxygen atoms in total. The van der Waals surface area contributed by atoms with Gasteiger partial charge in [-0.3, -0.25) is 14.7 Å². The van der Waals surface area contributed by atoms with Gasteiger partial charge >= 0.3 is 0 Å². The Hall–Kier alpha value is -3.09. The van der Waals surface area contributed by atoms with E-state index in [9.17, 15) is 9.59 Å². The van der Waals surface area contributed by atoms with Crippen molar-refractivity contribution in [3.63, 3.8) is 0 Å². The summed E-state index contributed by atoms with van der Waals surface area (Å²) in [7, 11) is 0. The molecule has 1 N–H and O–H groups in total. The highest BCUT2D eigenvalue weighted by atomic mass is 16.5. The van der Waals surface area contributed by atoms with Crippen molar-refractivity contribution >= 4 is 11.6 Å². The van der Waals surface area contributed by atoms with Crippen LogP contribution in [0, 0.1) is 0 Å². The van der Waals surface area contributed by atoms with Gasteiger partial charge in [0.1, 0.15) is 6.33 Å². The summed E-state index contributed by atoms with van der Waals surface area (Å²) in [5.74, 6) is -0.987. The lowest BCUT2D eigenvalue weighted by atomic mass is 10.1. The van der Waals surface area contributed by atoms with Crippen molar-refractivity contribution < 1.29 is 14.1 Å². The number of ketones is 2. The number of hydrogen-bond acceptors (Lipinski definition) is 6. The molecule has 0 bridgehead atoms. The predicted molar refractivity (Wildman–Crippen MR) is 71.4 cm³/mol. The largest absolute Gasteiger partial charge is 0.356 e. The molecule has 1 aromatic carbocycles. The van der Waals surface area contributed by atoms with E-state index in [1.807, 2.05) is 30.3 Å². The van der Waals surface area contributed by atoms with E-state index >= 15 is 0 Å². The van der Waals surface area contributed by atoms with Crippen molar-refractivity contribution in [1.29, 1.82) is 0 Å². The van der Waals surface area contributed by atoms with Crippen molar-refractivity contribution in [1.82, 2.24) is 20.3 Å². The smallest absolute Gasteiger partial charge is 0.267 e. The van der Waals surface area contributed by atoms with Crippen LogP contribution in [0.4, 0.5) is 0 Å². The lowest BCUT2D eigenvalue weighted by molar-refractivity contribution is -0.114. The number of aromatic amines is 1. The van der Waals surface area contributed by atoms with E-state index < -0.39 is 11.6 Å². The van der Waals surface area contributed by atoms with Crippen molar-refractivity contribution in [2.45, 2.75) is 6.42 Å². The minimum absolute atomic E-state index is 0.147. The van der Waals surface area contributed by atoms with Crippen molar-refractivity contribution in [2.75, 3.05) is 0 Å². The van der Waals surface area contributed by atoms with E-state index in [2.05, 4.69) is 20.3 Å². The first-order chi connectivity index (χ1) is 10.2. The van der Waals surface area contributed by atoms with Crippen LogP contribution in [0.15, 0.2) is 47.2 Å². The minimum atomic E-state index is -0.750. The van der Waals surface area contributed by atoms with Crippen LogP contribution in [-0.2, 0) is 11.2 Å². The SMILES string of the molecule is O=C(Cc1cc(-c2ccccc2)on1)C(=O)c1nc[nH]n1. The summed E-state index contributed by atoms with van der Waals surface area (Å²) < 4.78 is 5.17. The van der Waals surface area contributed by atoms with E-state index in [0.717, 1.165) is 5.56 Å². The summed E-state index contributed by atoms with van der Waals surface area (Å²) in [6.45, 7) is 0. The number of benzene rings is 1. The summed E-state index contributed by atoms with van der Waals surface area (Å²) in [6, 6.07) is 11.0. The fraction of sp³-hybridized carbons (Fsp3) is 0.0714. The lowest BCUT2D eigenvalue weighted by Crippen LogP contribution is -2.18. The molecule has 0 unspecified atom stereocenters. The first-order valence-corrected chi connectivity index (χ1v) is 6.18. The average Bonchev–Trinajstić information content (AvgIpc) is 3.19. The van der Waals surface area contributed by atoms with Crippen molar-refractivity contribution in [2.24, 2.45) is 0 Å². The second kappa shape index (κ2) is 5.49. The van der Waals surface area contributed by atoms with E-state index in [1.54, 1.807) is 6.07 Å². The molecule has 0 spiro atoms. The molecule has 0 aliphatic heterocycles. The van der Waals surface area contributed by atoms with Crippen LogP contribution < -0.4 is 0 Å². The molecule has 0 aliphatic rings. The number of nitrogens with one attached hydrogen (secondary N) is 1. The number of Topliss-reactive ketones (excluding diaryl/α,β-unsaturated/α-hetero) is 2. The maximum absolute atomic E-state index is 11.8. The normalized spacial score (nSPS) is 10.5. The van der Waals surface area contributed by atoms with Crippen LogP contribution in [-0.4, -0.2) is 31.9 Å². The Morgan fingerprint density at radius 3 is 2.71 bits per heavy atom. The van der Waals surface area contributed by atoms with Crippen LogP contribution in [0.2, 0.25) is 0 Å². The van der Waals surface area contributed by atoms with Crippen LogP contribution >= 0.6 is 0 Å². The number of hydrogen-bond donors (Lipinski definition) is 1. The highest BCUT2D eigenvalue weighted by molar-refractivity contribution is 6.43. The van der Waals surface area contributed by atoms with Gasteiger partial charge in [-0.15, -0.1) is 5.10 Å². The van der Waals surface area contributed by atoms with Crippen molar-refractivity contribution in [3.05, 3.63) is 54.2 Å². The zero-order valence-corrected chi connectivity index (χ0v) is 10.8. The first-order valence-electron chi connectivity index (χ1n) is 6.18. The highest BCUT2D eigenvalue weighted by Crippen LogP contribution is 2.20. The Kier molecular flexibility index (Phi) is 3.38. The zero-order chi connectivity index (χ0) is 14.7. The fourth-order valence-corrected chi connectivity index (χ4v) is 1.82. The summed E-state index contributed by atoms with van der Waals surface area (Å²) >= 11 is 0. The number of aromatic nitrogens is 4. The molecule has 0 amide bonds. The highest BCUT2D eigenvalue weighted by Gasteiger charge is 2.21. The molecule has 2 heterocycles. The standard InChI is InChI=1S/C14H10N4O3/c19-11(13(20)14-15-8-16-17-14)6-10-7-12(21-18-10)9-4-2-1-3-5-9/h1-5,7-8H,6H2,(H,15,16,17). The van der Waals surface area contributed by atoms with Gasteiger partial charge in [0.05, 0.1) is 12.1 Å². The van der Waals surface area contributed by atoms with Gasteiger partial charge in [0.2, 0.25) is 11.6 Å². The Bertz CT molecular complexity index is 763. The van der Waals surface area contributed by atoms with Gasteiger partial charge in [-0.2, -0.15) is 0 Å². The van der Waals surface area contributed by atoms with Crippen LogP contribution in [0.5, 0.6) is 0 Å². The van der Waals surface area contributed by atoms with Gasteiger partial charge in [-0.05, 0) is 0 Å². The molecule has 104 valence electrons. The molecular formula is C14H10N4O3. The molecule has 0 aliphatic carbocycles. The maximum Gasteiger partial charge on any atom is 0.267 e. The molecule has 0 fully saturated rings. The van der Waals surface area contributed by atoms with E-state index in [-0.39, 0.29) is 12.2 Å². The van der Waals surface area contributed by atoms with Gasteiger partial charge < -0.3 is 4.52 Å². The van der Waals surface area contributed by atoms with E-state index in [1.165, 1.54) is 6.33 Å². The van der Waals surface area contributed by atoms with Gasteiger partial charge in [0.15, 0.2) is 5.76 Å². The number of carbonyl (C=O) groups excluding carboxylic acids is 2. The minimum Gasteiger partial charge on any atom is -0.356 e. The summed E-state index contributed by atoms with van der Waals surface area (Å²) in [4.78, 5) is 27.2. The third-order valence-corrected chi connectivity index (χ3v) is 2.83. The van der Waals surface area contributed by atoms with E-state index in [0.29, 0.717) is 11.5 Å². The monoisotopic (exact) mass is 282 g/mol. The van der Waals surface area contributed by atoms with Gasteiger partial charge in [0, 0.05) is 11.6 Å². The molecule has 7 heteroatoms. The lowest BCUT2D eigenvalue weighted by Gasteiger charge is -1.93. The van der Waals surface area contributed by atoms with Crippen LogP contribution in [0.3, 0.4) is 0 Å². The third-order valence-electron chi connectivity index (χ3n) is 2.83. The predicted octanol–water partition coefficient (Wildman–Crippen LogP) is 1.45. The summed E-state index contributed by atoms with van der Waals surface area (Å²) in [5.41, 5.74) is 1.24. The summed E-state index contributed by atoms with van der Waals surface area (Å²) in [5, 5.41) is 9.77. The number of carbonyl (C=O) groups is 2. The zero-order valence-electron chi connectivity index (χ0n) is 10.8. The molecule has 21 heavy (non-hydrogen) atoms. The van der Waals surface area contributed by atoms with Crippen LogP contribution in [0.25, 0.3) is 11.3 Å². The maximum atomic E-state index is 11.8. The quantitative estimate of drug-likeness (QED) is 0.561. The van der Waals surface area contributed by atoms with Crippen LogP contribution in [0.1, 0.15) is 16.3 Å². The van der Waals surface area contributed by atoms with Gasteiger partial charge in [-0.1, -0.05) is 35.5 Å². The molecular weight excluding hydrogens is 272 g/mol. The van der Waals surface area contributed by atoms with Gasteiger partial charge in [-0.25, -0.2) is 4.98 Å². The Morgan fingerprint density at radius 2 is 2.00 bits per heavy atom. The molecule has 0 saturated heterocycles. The van der Waals surface area contributed by atoms with Crippen molar-refractivity contribution in [3.8, 4) is 11.3 Å².